The van der Waals surface area contributed by atoms with Gasteiger partial charge in [0.05, 0.1) is 5.69 Å². The molecular formula is C20H28ClN5. The highest BCUT2D eigenvalue weighted by atomic mass is 35.5. The maximum Gasteiger partial charge on any atom is 0.191 e. The third kappa shape index (κ3) is 3.73. The lowest BCUT2D eigenvalue weighted by Gasteiger charge is -2.43. The number of benzene rings is 1. The van der Waals surface area contributed by atoms with Crippen LogP contribution in [0.3, 0.4) is 0 Å². The van der Waals surface area contributed by atoms with Crippen LogP contribution in [0.1, 0.15) is 41.8 Å². The lowest BCUT2D eigenvalue weighted by Crippen LogP contribution is -2.48. The summed E-state index contributed by atoms with van der Waals surface area (Å²) < 4.78 is 1.92. The Balaban J connectivity index is 1.62. The van der Waals surface area contributed by atoms with Crippen molar-refractivity contribution in [1.82, 2.24) is 20.4 Å². The highest BCUT2D eigenvalue weighted by Crippen LogP contribution is 2.43. The minimum atomic E-state index is 0.183. The number of halogens is 1. The predicted molar refractivity (Wildman–Crippen MR) is 108 cm³/mol. The van der Waals surface area contributed by atoms with Gasteiger partial charge in [-0.3, -0.25) is 9.67 Å². The van der Waals surface area contributed by atoms with E-state index in [9.17, 15) is 0 Å². The summed E-state index contributed by atoms with van der Waals surface area (Å²) in [4.78, 5) is 4.38. The predicted octanol–water partition coefficient (Wildman–Crippen LogP) is 3.48. The van der Waals surface area contributed by atoms with Crippen molar-refractivity contribution in [2.75, 3.05) is 13.6 Å². The first-order chi connectivity index (χ1) is 12.4. The molecule has 1 aliphatic rings. The van der Waals surface area contributed by atoms with Crippen LogP contribution in [0.15, 0.2) is 29.3 Å². The van der Waals surface area contributed by atoms with Crippen molar-refractivity contribution in [3.63, 3.8) is 0 Å². The van der Waals surface area contributed by atoms with Crippen molar-refractivity contribution in [3.05, 3.63) is 51.8 Å². The molecule has 1 aromatic heterocycles. The van der Waals surface area contributed by atoms with Crippen molar-refractivity contribution < 1.29 is 0 Å². The van der Waals surface area contributed by atoms with Gasteiger partial charge in [-0.05, 0) is 44.4 Å². The molecule has 0 radical (unpaired) electrons. The molecule has 26 heavy (non-hydrogen) atoms. The van der Waals surface area contributed by atoms with E-state index in [1.165, 1.54) is 36.1 Å². The first-order valence-corrected chi connectivity index (χ1v) is 9.52. The topological polar surface area (TPSA) is 54.2 Å². The third-order valence-corrected chi connectivity index (χ3v) is 5.93. The van der Waals surface area contributed by atoms with E-state index in [0.717, 1.165) is 29.8 Å². The molecule has 140 valence electrons. The Morgan fingerprint density at radius 1 is 1.23 bits per heavy atom. The SMILES string of the molecule is CN=C(NCc1c(C)nn(C)c1C)NCC1(c2ccc(Cl)cc2)CCC1. The Kier molecular flexibility index (Phi) is 5.56. The lowest BCUT2D eigenvalue weighted by molar-refractivity contribution is 0.244. The van der Waals surface area contributed by atoms with Gasteiger partial charge in [-0.25, -0.2) is 0 Å². The van der Waals surface area contributed by atoms with E-state index in [4.69, 9.17) is 11.6 Å². The van der Waals surface area contributed by atoms with Gasteiger partial charge in [-0.2, -0.15) is 5.10 Å². The molecule has 1 fully saturated rings. The molecule has 0 spiro atoms. The minimum Gasteiger partial charge on any atom is -0.356 e. The highest BCUT2D eigenvalue weighted by Gasteiger charge is 2.38. The molecule has 2 aromatic rings. The highest BCUT2D eigenvalue weighted by molar-refractivity contribution is 6.30. The molecule has 6 heteroatoms. The number of hydrogen-bond donors (Lipinski definition) is 2. The summed E-state index contributed by atoms with van der Waals surface area (Å²) in [7, 11) is 3.79. The molecule has 0 unspecified atom stereocenters. The number of nitrogens with one attached hydrogen (secondary N) is 2. The number of guanidine groups is 1. The number of aliphatic imine (C=N–C) groups is 1. The van der Waals surface area contributed by atoms with Gasteiger partial charge >= 0.3 is 0 Å². The van der Waals surface area contributed by atoms with Gasteiger partial charge in [0.2, 0.25) is 0 Å². The van der Waals surface area contributed by atoms with Crippen LogP contribution in [0.25, 0.3) is 0 Å². The second-order valence-electron chi connectivity index (χ2n) is 7.19. The summed E-state index contributed by atoms with van der Waals surface area (Å²) in [5.41, 5.74) is 5.01. The van der Waals surface area contributed by atoms with Crippen molar-refractivity contribution >= 4 is 17.6 Å². The molecule has 0 bridgehead atoms. The van der Waals surface area contributed by atoms with E-state index in [2.05, 4.69) is 39.8 Å². The van der Waals surface area contributed by atoms with Gasteiger partial charge in [0.25, 0.3) is 0 Å². The molecule has 3 rings (SSSR count). The van der Waals surface area contributed by atoms with Crippen molar-refractivity contribution in [1.29, 1.82) is 0 Å². The number of aryl methyl sites for hydroxylation is 2. The van der Waals surface area contributed by atoms with Gasteiger partial charge in [-0.1, -0.05) is 30.2 Å². The Morgan fingerprint density at radius 3 is 2.42 bits per heavy atom. The lowest BCUT2D eigenvalue weighted by atomic mass is 9.64. The summed E-state index contributed by atoms with van der Waals surface area (Å²) in [6.45, 7) is 5.74. The molecule has 0 aliphatic heterocycles. The van der Waals surface area contributed by atoms with Gasteiger partial charge in [0, 0.05) is 48.9 Å². The van der Waals surface area contributed by atoms with E-state index in [1.807, 2.05) is 37.8 Å². The molecule has 0 atom stereocenters. The average Bonchev–Trinajstić information content (AvgIpc) is 2.83. The second-order valence-corrected chi connectivity index (χ2v) is 7.63. The fourth-order valence-corrected chi connectivity index (χ4v) is 3.82. The van der Waals surface area contributed by atoms with Crippen LogP contribution in [-0.2, 0) is 19.0 Å². The minimum absolute atomic E-state index is 0.183. The zero-order chi connectivity index (χ0) is 18.7. The monoisotopic (exact) mass is 373 g/mol. The largest absolute Gasteiger partial charge is 0.356 e. The van der Waals surface area contributed by atoms with Crippen LogP contribution in [0.5, 0.6) is 0 Å². The zero-order valence-electron chi connectivity index (χ0n) is 16.1. The van der Waals surface area contributed by atoms with E-state index >= 15 is 0 Å². The van der Waals surface area contributed by atoms with E-state index < -0.39 is 0 Å². The quantitative estimate of drug-likeness (QED) is 0.623. The second kappa shape index (κ2) is 7.70. The van der Waals surface area contributed by atoms with E-state index in [0.29, 0.717) is 0 Å². The Hall–Kier alpha value is -2.01. The van der Waals surface area contributed by atoms with Crippen molar-refractivity contribution in [3.8, 4) is 0 Å². The average molecular weight is 374 g/mol. The number of aromatic nitrogens is 2. The molecule has 2 N–H and O–H groups in total. The van der Waals surface area contributed by atoms with E-state index in [-0.39, 0.29) is 5.41 Å². The third-order valence-electron chi connectivity index (χ3n) is 5.68. The molecule has 5 nitrogen and oxygen atoms in total. The smallest absolute Gasteiger partial charge is 0.191 e. The summed E-state index contributed by atoms with van der Waals surface area (Å²) in [6.07, 6.45) is 3.66. The maximum absolute atomic E-state index is 6.05. The molecule has 0 saturated heterocycles. The van der Waals surface area contributed by atoms with Gasteiger partial charge in [0.1, 0.15) is 0 Å². The fraction of sp³-hybridized carbons (Fsp3) is 0.500. The molecule has 0 amide bonds. The van der Waals surface area contributed by atoms with Crippen LogP contribution in [0, 0.1) is 13.8 Å². The molecule has 1 aromatic carbocycles. The first-order valence-electron chi connectivity index (χ1n) is 9.15. The number of hydrogen-bond acceptors (Lipinski definition) is 2. The zero-order valence-corrected chi connectivity index (χ0v) is 16.8. The molecular weight excluding hydrogens is 346 g/mol. The summed E-state index contributed by atoms with van der Waals surface area (Å²) in [5.74, 6) is 0.827. The number of rotatable bonds is 5. The molecule has 1 heterocycles. The van der Waals surface area contributed by atoms with Crippen LogP contribution in [0.4, 0.5) is 0 Å². The Labute approximate surface area is 160 Å². The van der Waals surface area contributed by atoms with Gasteiger partial charge in [-0.15, -0.1) is 0 Å². The summed E-state index contributed by atoms with van der Waals surface area (Å²) in [6, 6.07) is 8.28. The molecule has 1 aliphatic carbocycles. The van der Waals surface area contributed by atoms with Crippen molar-refractivity contribution in [2.24, 2.45) is 12.0 Å². The number of nitrogens with zero attached hydrogens (tertiary/aromatic N) is 3. The summed E-state index contributed by atoms with van der Waals surface area (Å²) in [5, 5.41) is 12.2. The summed E-state index contributed by atoms with van der Waals surface area (Å²) >= 11 is 6.05. The van der Waals surface area contributed by atoms with Crippen LogP contribution in [-0.4, -0.2) is 29.3 Å². The normalized spacial score (nSPS) is 16.3. The van der Waals surface area contributed by atoms with Crippen molar-refractivity contribution in [2.45, 2.75) is 45.1 Å². The first kappa shape index (κ1) is 18.8. The maximum atomic E-state index is 6.05. The molecule has 1 saturated carbocycles. The fourth-order valence-electron chi connectivity index (χ4n) is 3.69. The van der Waals surface area contributed by atoms with Gasteiger partial charge < -0.3 is 10.6 Å². The van der Waals surface area contributed by atoms with E-state index in [1.54, 1.807) is 0 Å². The van der Waals surface area contributed by atoms with Crippen LogP contribution < -0.4 is 10.6 Å². The van der Waals surface area contributed by atoms with Crippen LogP contribution in [0.2, 0.25) is 5.02 Å². The Bertz CT molecular complexity index is 787. The van der Waals surface area contributed by atoms with Gasteiger partial charge in [0.15, 0.2) is 5.96 Å². The standard InChI is InChI=1S/C20H28ClN5/c1-14-18(15(2)26(4)25-14)12-23-19(22-3)24-13-20(10-5-11-20)16-6-8-17(21)9-7-16/h6-9H,5,10-13H2,1-4H3,(H2,22,23,24). The Morgan fingerprint density at radius 2 is 1.92 bits per heavy atom. The van der Waals surface area contributed by atoms with Crippen LogP contribution >= 0.6 is 11.6 Å².